The summed E-state index contributed by atoms with van der Waals surface area (Å²) in [5.74, 6) is 0. The molecule has 0 amide bonds. The third-order valence-corrected chi connectivity index (χ3v) is 6.21. The largest absolute Gasteiger partial charge is 0.469 e. The number of ether oxygens (including phenoxy) is 1. The van der Waals surface area contributed by atoms with Crippen molar-refractivity contribution in [2.75, 3.05) is 39.5 Å². The molecule has 0 aromatic rings. The molecular weight excluding hydrogens is 413 g/mol. The zero-order valence-electron chi connectivity index (χ0n) is 20.6. The van der Waals surface area contributed by atoms with Gasteiger partial charge in [-0.1, -0.05) is 104 Å². The summed E-state index contributed by atoms with van der Waals surface area (Å²) in [6.45, 7) is 9.84. The third kappa shape index (κ3) is 26.2. The summed E-state index contributed by atoms with van der Waals surface area (Å²) in [5.41, 5.74) is 0. The molecule has 0 aliphatic carbocycles. The van der Waals surface area contributed by atoms with Crippen molar-refractivity contribution in [1.82, 2.24) is 4.90 Å². The van der Waals surface area contributed by atoms with Gasteiger partial charge in [0.1, 0.15) is 0 Å². The molecule has 6 nitrogen and oxygen atoms in total. The number of morpholine rings is 1. The topological polar surface area (TPSA) is 79.2 Å². The van der Waals surface area contributed by atoms with Crippen LogP contribution in [-0.2, 0) is 13.8 Å². The van der Waals surface area contributed by atoms with Gasteiger partial charge in [0.2, 0.25) is 0 Å². The fourth-order valence-corrected chi connectivity index (χ4v) is 4.05. The molecule has 188 valence electrons. The SMILES string of the molecule is CCCCCCCCCCCCCCCCN1CCOCC1.CCCCOP(=O)(O)O. The minimum absolute atomic E-state index is 0.140. The fraction of sp³-hybridized carbons (Fsp3) is 1.00. The molecule has 0 bridgehead atoms. The van der Waals surface area contributed by atoms with Crippen LogP contribution in [0.2, 0.25) is 0 Å². The second-order valence-electron chi connectivity index (χ2n) is 8.73. The zero-order chi connectivity index (χ0) is 23.0. The molecule has 1 heterocycles. The van der Waals surface area contributed by atoms with Crippen molar-refractivity contribution in [3.05, 3.63) is 0 Å². The molecule has 0 spiro atoms. The van der Waals surface area contributed by atoms with Crippen LogP contribution < -0.4 is 0 Å². The molecule has 0 atom stereocenters. The summed E-state index contributed by atoms with van der Waals surface area (Å²) >= 11 is 0. The van der Waals surface area contributed by atoms with E-state index in [-0.39, 0.29) is 6.61 Å². The molecule has 1 saturated heterocycles. The molecule has 1 rings (SSSR count). The molecule has 0 saturated carbocycles. The maximum atomic E-state index is 9.98. The highest BCUT2D eigenvalue weighted by Crippen LogP contribution is 2.35. The highest BCUT2D eigenvalue weighted by Gasteiger charge is 2.11. The predicted molar refractivity (Wildman–Crippen MR) is 130 cm³/mol. The van der Waals surface area contributed by atoms with Crippen LogP contribution in [0.15, 0.2) is 0 Å². The van der Waals surface area contributed by atoms with Crippen molar-refractivity contribution >= 4 is 7.82 Å². The van der Waals surface area contributed by atoms with Gasteiger partial charge in [-0.05, 0) is 19.4 Å². The lowest BCUT2D eigenvalue weighted by molar-refractivity contribution is 0.0371. The first-order valence-corrected chi connectivity index (χ1v) is 14.5. The van der Waals surface area contributed by atoms with Gasteiger partial charge in [0.25, 0.3) is 0 Å². The average Bonchev–Trinajstić information content (AvgIpc) is 2.74. The highest BCUT2D eigenvalue weighted by atomic mass is 31.2. The van der Waals surface area contributed by atoms with Gasteiger partial charge >= 0.3 is 7.82 Å². The maximum Gasteiger partial charge on any atom is 0.469 e. The highest BCUT2D eigenvalue weighted by molar-refractivity contribution is 7.46. The second-order valence-corrected chi connectivity index (χ2v) is 9.97. The van der Waals surface area contributed by atoms with E-state index >= 15 is 0 Å². The van der Waals surface area contributed by atoms with E-state index in [1.165, 1.54) is 96.4 Å². The smallest absolute Gasteiger partial charge is 0.379 e. The Morgan fingerprint density at radius 1 is 0.710 bits per heavy atom. The Bertz CT molecular complexity index is 399. The van der Waals surface area contributed by atoms with Gasteiger partial charge in [-0.3, -0.25) is 9.42 Å². The van der Waals surface area contributed by atoms with Crippen LogP contribution in [-0.4, -0.2) is 54.1 Å². The van der Waals surface area contributed by atoms with Gasteiger partial charge in [-0.2, -0.15) is 0 Å². The number of unbranched alkanes of at least 4 members (excludes halogenated alkanes) is 14. The first-order chi connectivity index (χ1) is 15.0. The van der Waals surface area contributed by atoms with Crippen molar-refractivity contribution in [3.8, 4) is 0 Å². The van der Waals surface area contributed by atoms with E-state index in [0.717, 1.165) is 32.7 Å². The Kier molecular flexibility index (Phi) is 23.2. The third-order valence-electron chi connectivity index (χ3n) is 5.69. The molecule has 0 radical (unpaired) electrons. The summed E-state index contributed by atoms with van der Waals surface area (Å²) in [6, 6.07) is 0. The number of phosphoric ester groups is 1. The Morgan fingerprint density at radius 3 is 1.55 bits per heavy atom. The summed E-state index contributed by atoms with van der Waals surface area (Å²) in [4.78, 5) is 18.8. The summed E-state index contributed by atoms with van der Waals surface area (Å²) in [6.07, 6.45) is 21.8. The number of nitrogens with zero attached hydrogens (tertiary/aromatic N) is 1. The molecule has 7 heteroatoms. The van der Waals surface area contributed by atoms with Crippen molar-refractivity contribution < 1.29 is 23.6 Å². The van der Waals surface area contributed by atoms with Gasteiger partial charge in [0, 0.05) is 13.1 Å². The van der Waals surface area contributed by atoms with Crippen LogP contribution in [0.3, 0.4) is 0 Å². The Hall–Kier alpha value is 0.0300. The number of phosphoric acid groups is 1. The Labute approximate surface area is 192 Å². The number of hydrogen-bond donors (Lipinski definition) is 2. The predicted octanol–water partition coefficient (Wildman–Crippen LogP) is 6.70. The standard InChI is InChI=1S/C20H41NO.C4H11O4P/c1-2-3-4-5-6-7-8-9-10-11-12-13-14-15-16-21-17-19-22-20-18-21;1-2-3-4-8-9(5,6)7/h2-20H2,1H3;2-4H2,1H3,(H2,5,6,7). The van der Waals surface area contributed by atoms with Crippen LogP contribution in [0.1, 0.15) is 117 Å². The van der Waals surface area contributed by atoms with Crippen LogP contribution in [0.25, 0.3) is 0 Å². The van der Waals surface area contributed by atoms with Crippen LogP contribution >= 0.6 is 7.82 Å². The quantitative estimate of drug-likeness (QED) is 0.163. The van der Waals surface area contributed by atoms with Crippen molar-refractivity contribution in [2.24, 2.45) is 0 Å². The second kappa shape index (κ2) is 23.2. The Morgan fingerprint density at radius 2 is 1.13 bits per heavy atom. The zero-order valence-corrected chi connectivity index (χ0v) is 21.5. The van der Waals surface area contributed by atoms with E-state index in [4.69, 9.17) is 14.5 Å². The first kappa shape index (κ1) is 31.0. The normalized spacial score (nSPS) is 15.0. The molecule has 1 aliphatic rings. The molecule has 31 heavy (non-hydrogen) atoms. The van der Waals surface area contributed by atoms with E-state index in [2.05, 4.69) is 16.3 Å². The van der Waals surface area contributed by atoms with Crippen molar-refractivity contribution in [1.29, 1.82) is 0 Å². The van der Waals surface area contributed by atoms with Gasteiger partial charge < -0.3 is 14.5 Å². The molecule has 0 aromatic carbocycles. The van der Waals surface area contributed by atoms with E-state index < -0.39 is 7.82 Å². The van der Waals surface area contributed by atoms with Crippen molar-refractivity contribution in [2.45, 2.75) is 117 Å². The van der Waals surface area contributed by atoms with Crippen LogP contribution in [0.5, 0.6) is 0 Å². The summed E-state index contributed by atoms with van der Waals surface area (Å²) < 4.78 is 19.5. The number of hydrogen-bond acceptors (Lipinski definition) is 4. The van der Waals surface area contributed by atoms with E-state index in [1.807, 2.05) is 6.92 Å². The fourth-order valence-electron chi connectivity index (χ4n) is 3.68. The van der Waals surface area contributed by atoms with Gasteiger partial charge in [0.15, 0.2) is 0 Å². The number of rotatable bonds is 19. The van der Waals surface area contributed by atoms with Gasteiger partial charge in [-0.25, -0.2) is 4.57 Å². The van der Waals surface area contributed by atoms with Crippen LogP contribution in [0.4, 0.5) is 0 Å². The molecule has 2 N–H and O–H groups in total. The summed E-state index contributed by atoms with van der Waals surface area (Å²) in [7, 11) is -4.20. The summed E-state index contributed by atoms with van der Waals surface area (Å²) in [5, 5.41) is 0. The van der Waals surface area contributed by atoms with Gasteiger partial charge in [-0.15, -0.1) is 0 Å². The lowest BCUT2D eigenvalue weighted by Gasteiger charge is -2.26. The average molecular weight is 466 g/mol. The van der Waals surface area contributed by atoms with Gasteiger partial charge in [0.05, 0.1) is 19.8 Å². The minimum Gasteiger partial charge on any atom is -0.379 e. The van der Waals surface area contributed by atoms with E-state index in [1.54, 1.807) is 0 Å². The minimum atomic E-state index is -4.20. The first-order valence-electron chi connectivity index (χ1n) is 13.0. The lowest BCUT2D eigenvalue weighted by Crippen LogP contribution is -2.36. The molecule has 1 aliphatic heterocycles. The lowest BCUT2D eigenvalue weighted by atomic mass is 10.0. The van der Waals surface area contributed by atoms with E-state index in [0.29, 0.717) is 6.42 Å². The molecule has 0 aromatic heterocycles. The van der Waals surface area contributed by atoms with E-state index in [9.17, 15) is 4.57 Å². The van der Waals surface area contributed by atoms with Crippen molar-refractivity contribution in [3.63, 3.8) is 0 Å². The molecule has 1 fully saturated rings. The molecule has 0 unspecified atom stereocenters. The van der Waals surface area contributed by atoms with Crippen LogP contribution in [0, 0.1) is 0 Å². The monoisotopic (exact) mass is 465 g/mol. The maximum absolute atomic E-state index is 9.98. The Balaban J connectivity index is 0.000000842. The molecular formula is C24H52NO5P.